The summed E-state index contributed by atoms with van der Waals surface area (Å²) in [5.41, 5.74) is 7.37. The molecule has 0 radical (unpaired) electrons. The monoisotopic (exact) mass is 334 g/mol. The minimum atomic E-state index is -0.194. The molecule has 1 aromatic carbocycles. The normalized spacial score (nSPS) is 23.2. The van der Waals surface area contributed by atoms with Crippen molar-refractivity contribution in [3.63, 3.8) is 0 Å². The first-order chi connectivity index (χ1) is 7.49. The van der Waals surface area contributed by atoms with E-state index in [1.165, 1.54) is 12.5 Å². The zero-order valence-corrected chi connectivity index (χ0v) is 11.7. The molecule has 2 rings (SSSR count). The molecule has 1 fully saturated rings. The molecule has 2 unspecified atom stereocenters. The summed E-state index contributed by atoms with van der Waals surface area (Å²) in [6.45, 7) is 3.21. The predicted molar refractivity (Wildman–Crippen MR) is 74.1 cm³/mol. The summed E-state index contributed by atoms with van der Waals surface area (Å²) in [6, 6.07) is 3.22. The van der Waals surface area contributed by atoms with Gasteiger partial charge >= 0.3 is 0 Å². The largest absolute Gasteiger partial charge is 0.397 e. The SMILES string of the molecule is CC1CC1CN(C)c1cc(F)c(I)cc1N. The molecular weight excluding hydrogens is 318 g/mol. The van der Waals surface area contributed by atoms with Crippen molar-refractivity contribution in [1.29, 1.82) is 0 Å². The minimum Gasteiger partial charge on any atom is -0.397 e. The third kappa shape index (κ3) is 2.42. The van der Waals surface area contributed by atoms with Gasteiger partial charge in [0.25, 0.3) is 0 Å². The summed E-state index contributed by atoms with van der Waals surface area (Å²) in [5, 5.41) is 0. The third-order valence-electron chi connectivity index (χ3n) is 3.27. The lowest BCUT2D eigenvalue weighted by Crippen LogP contribution is -2.22. The van der Waals surface area contributed by atoms with E-state index in [4.69, 9.17) is 5.73 Å². The van der Waals surface area contributed by atoms with Crippen LogP contribution in [0.4, 0.5) is 15.8 Å². The van der Waals surface area contributed by atoms with Crippen LogP contribution in [0, 0.1) is 21.2 Å². The van der Waals surface area contributed by atoms with Crippen molar-refractivity contribution < 1.29 is 4.39 Å². The lowest BCUT2D eigenvalue weighted by Gasteiger charge is -2.21. The first-order valence-electron chi connectivity index (χ1n) is 5.44. The van der Waals surface area contributed by atoms with Crippen LogP contribution in [0.3, 0.4) is 0 Å². The van der Waals surface area contributed by atoms with Gasteiger partial charge in [0.2, 0.25) is 0 Å². The number of hydrogen-bond donors (Lipinski definition) is 1. The summed E-state index contributed by atoms with van der Waals surface area (Å²) in [4.78, 5) is 2.06. The molecule has 2 atom stereocenters. The van der Waals surface area contributed by atoms with Gasteiger partial charge in [-0.1, -0.05) is 6.92 Å². The van der Waals surface area contributed by atoms with E-state index in [9.17, 15) is 4.39 Å². The van der Waals surface area contributed by atoms with Crippen molar-refractivity contribution in [1.82, 2.24) is 0 Å². The number of rotatable bonds is 3. The standard InChI is InChI=1S/C12H16FIN2/c1-7-3-8(7)6-16(2)12-4-9(13)10(14)5-11(12)15/h4-5,7-8H,3,6,15H2,1-2H3. The maximum absolute atomic E-state index is 13.5. The summed E-state index contributed by atoms with van der Waals surface area (Å²) < 4.78 is 14.0. The van der Waals surface area contributed by atoms with E-state index in [-0.39, 0.29) is 5.82 Å². The average Bonchev–Trinajstić information content (AvgIpc) is 2.87. The molecule has 0 saturated heterocycles. The summed E-state index contributed by atoms with van der Waals surface area (Å²) in [7, 11) is 1.98. The molecule has 2 nitrogen and oxygen atoms in total. The van der Waals surface area contributed by atoms with Crippen LogP contribution in [-0.2, 0) is 0 Å². The van der Waals surface area contributed by atoms with Gasteiger partial charge in [-0.2, -0.15) is 0 Å². The first-order valence-corrected chi connectivity index (χ1v) is 6.52. The van der Waals surface area contributed by atoms with E-state index < -0.39 is 0 Å². The second-order valence-corrected chi connectivity index (χ2v) is 5.84. The Morgan fingerprint density at radius 1 is 1.56 bits per heavy atom. The Bertz CT molecular complexity index is 408. The van der Waals surface area contributed by atoms with Crippen molar-refractivity contribution in [2.45, 2.75) is 13.3 Å². The van der Waals surface area contributed by atoms with E-state index in [0.29, 0.717) is 9.26 Å². The summed E-state index contributed by atoms with van der Waals surface area (Å²) in [5.74, 6) is 1.35. The van der Waals surface area contributed by atoms with Gasteiger partial charge in [-0.3, -0.25) is 0 Å². The van der Waals surface area contributed by atoms with E-state index in [1.54, 1.807) is 6.07 Å². The lowest BCUT2D eigenvalue weighted by molar-refractivity contribution is 0.619. The Kier molecular flexibility index (Phi) is 3.28. The molecule has 16 heavy (non-hydrogen) atoms. The van der Waals surface area contributed by atoms with Gasteiger partial charge in [0, 0.05) is 19.7 Å². The molecule has 2 N–H and O–H groups in total. The quantitative estimate of drug-likeness (QED) is 0.680. The number of nitrogen functional groups attached to an aromatic ring is 1. The van der Waals surface area contributed by atoms with E-state index in [2.05, 4.69) is 11.8 Å². The van der Waals surface area contributed by atoms with Crippen molar-refractivity contribution in [2.75, 3.05) is 24.2 Å². The maximum atomic E-state index is 13.5. The van der Waals surface area contributed by atoms with E-state index >= 15 is 0 Å². The van der Waals surface area contributed by atoms with Crippen molar-refractivity contribution in [3.05, 3.63) is 21.5 Å². The molecule has 1 aromatic rings. The van der Waals surface area contributed by atoms with Crippen LogP contribution in [0.25, 0.3) is 0 Å². The van der Waals surface area contributed by atoms with Gasteiger partial charge in [-0.15, -0.1) is 0 Å². The Hall–Kier alpha value is -0.520. The topological polar surface area (TPSA) is 29.3 Å². The molecule has 0 heterocycles. The van der Waals surface area contributed by atoms with Crippen LogP contribution >= 0.6 is 22.6 Å². The molecule has 0 aromatic heterocycles. The number of nitrogens with two attached hydrogens (primary N) is 1. The zero-order chi connectivity index (χ0) is 11.9. The van der Waals surface area contributed by atoms with Gasteiger partial charge < -0.3 is 10.6 Å². The fourth-order valence-electron chi connectivity index (χ4n) is 1.99. The average molecular weight is 334 g/mol. The van der Waals surface area contributed by atoms with Gasteiger partial charge in [0.05, 0.1) is 14.9 Å². The van der Waals surface area contributed by atoms with Crippen molar-refractivity contribution in [3.8, 4) is 0 Å². The Morgan fingerprint density at radius 2 is 2.19 bits per heavy atom. The Balaban J connectivity index is 2.15. The van der Waals surface area contributed by atoms with Gasteiger partial charge in [-0.05, 0) is 46.9 Å². The predicted octanol–water partition coefficient (Wildman–Crippen LogP) is 3.10. The highest BCUT2D eigenvalue weighted by Gasteiger charge is 2.33. The molecule has 1 aliphatic rings. The van der Waals surface area contributed by atoms with Crippen molar-refractivity contribution in [2.24, 2.45) is 11.8 Å². The number of hydrogen-bond acceptors (Lipinski definition) is 2. The molecule has 0 aliphatic heterocycles. The van der Waals surface area contributed by atoms with E-state index in [1.807, 2.05) is 29.6 Å². The summed E-state index contributed by atoms with van der Waals surface area (Å²) >= 11 is 1.96. The highest BCUT2D eigenvalue weighted by atomic mass is 127. The molecule has 0 amide bonds. The Labute approximate surface area is 109 Å². The zero-order valence-electron chi connectivity index (χ0n) is 9.50. The van der Waals surface area contributed by atoms with Gasteiger partial charge in [-0.25, -0.2) is 4.39 Å². The Morgan fingerprint density at radius 3 is 2.75 bits per heavy atom. The van der Waals surface area contributed by atoms with Crippen LogP contribution in [0.15, 0.2) is 12.1 Å². The number of benzene rings is 1. The van der Waals surface area contributed by atoms with Crippen LogP contribution in [0.1, 0.15) is 13.3 Å². The number of anilines is 2. The second-order valence-electron chi connectivity index (χ2n) is 4.68. The number of nitrogens with zero attached hydrogens (tertiary/aromatic N) is 1. The molecule has 0 spiro atoms. The number of halogens is 2. The smallest absolute Gasteiger partial charge is 0.138 e. The summed E-state index contributed by atoms with van der Waals surface area (Å²) in [6.07, 6.45) is 1.27. The van der Waals surface area contributed by atoms with Crippen LogP contribution in [0.5, 0.6) is 0 Å². The highest BCUT2D eigenvalue weighted by Crippen LogP contribution is 2.39. The van der Waals surface area contributed by atoms with Gasteiger partial charge in [0.1, 0.15) is 5.82 Å². The maximum Gasteiger partial charge on any atom is 0.138 e. The minimum absolute atomic E-state index is 0.194. The fraction of sp³-hybridized carbons (Fsp3) is 0.500. The molecular formula is C12H16FIN2. The van der Waals surface area contributed by atoms with Crippen LogP contribution in [0.2, 0.25) is 0 Å². The molecule has 1 aliphatic carbocycles. The van der Waals surface area contributed by atoms with Crippen LogP contribution in [-0.4, -0.2) is 13.6 Å². The fourth-order valence-corrected chi connectivity index (χ4v) is 2.48. The van der Waals surface area contributed by atoms with E-state index in [0.717, 1.165) is 24.1 Å². The second kappa shape index (κ2) is 4.39. The molecule has 88 valence electrons. The molecule has 1 saturated carbocycles. The van der Waals surface area contributed by atoms with Crippen LogP contribution < -0.4 is 10.6 Å². The molecule has 0 bridgehead atoms. The van der Waals surface area contributed by atoms with Gasteiger partial charge in [0.15, 0.2) is 0 Å². The molecule has 4 heteroatoms. The highest BCUT2D eigenvalue weighted by molar-refractivity contribution is 14.1. The first kappa shape index (κ1) is 12.0. The van der Waals surface area contributed by atoms with Crippen molar-refractivity contribution >= 4 is 34.0 Å². The third-order valence-corrected chi connectivity index (χ3v) is 4.09. The lowest BCUT2D eigenvalue weighted by atomic mass is 10.2.